The van der Waals surface area contributed by atoms with Crippen LogP contribution in [0.1, 0.15) is 0 Å². The van der Waals surface area contributed by atoms with Crippen molar-refractivity contribution in [2.75, 3.05) is 22.1 Å². The Morgan fingerprint density at radius 3 is 2.33 bits per heavy atom. The number of rotatable bonds is 7. The van der Waals surface area contributed by atoms with Gasteiger partial charge in [-0.25, -0.2) is 4.98 Å². The maximum Gasteiger partial charge on any atom is 0.236 e. The third-order valence-corrected chi connectivity index (χ3v) is 5.36. The summed E-state index contributed by atoms with van der Waals surface area (Å²) in [7, 11) is 0. The van der Waals surface area contributed by atoms with E-state index in [4.69, 9.17) is 11.6 Å². The second-order valence-electron chi connectivity index (χ2n) is 5.50. The molecule has 27 heavy (non-hydrogen) atoms. The van der Waals surface area contributed by atoms with Gasteiger partial charge in [-0.15, -0.1) is 23.1 Å². The summed E-state index contributed by atoms with van der Waals surface area (Å²) in [6.07, 6.45) is 0. The van der Waals surface area contributed by atoms with Crippen LogP contribution in [-0.4, -0.2) is 28.3 Å². The number of nitrogens with zero attached hydrogens (tertiary/aromatic N) is 1. The molecule has 0 saturated heterocycles. The Bertz CT molecular complexity index is 914. The summed E-state index contributed by atoms with van der Waals surface area (Å²) in [6, 6.07) is 16.6. The van der Waals surface area contributed by atoms with Crippen LogP contribution in [0.4, 0.5) is 10.8 Å². The van der Waals surface area contributed by atoms with Crippen molar-refractivity contribution < 1.29 is 9.59 Å². The van der Waals surface area contributed by atoms with Gasteiger partial charge >= 0.3 is 0 Å². The molecule has 3 rings (SSSR count). The minimum Gasteiger partial charge on any atom is -0.325 e. The number of amides is 2. The van der Waals surface area contributed by atoms with Crippen molar-refractivity contribution in [3.05, 3.63) is 65.0 Å². The van der Waals surface area contributed by atoms with Crippen molar-refractivity contribution in [3.63, 3.8) is 0 Å². The average Bonchev–Trinajstić information content (AvgIpc) is 3.11. The minimum atomic E-state index is -0.190. The number of hydrogen-bond acceptors (Lipinski definition) is 5. The maximum absolute atomic E-state index is 12.0. The number of anilines is 2. The SMILES string of the molecule is O=C(CSCC(=O)Nc1nc(-c2ccc(Cl)cc2)cs1)Nc1ccccc1. The van der Waals surface area contributed by atoms with Gasteiger partial charge in [-0.2, -0.15) is 0 Å². The van der Waals surface area contributed by atoms with Gasteiger partial charge in [-0.3, -0.25) is 9.59 Å². The summed E-state index contributed by atoms with van der Waals surface area (Å²) in [5.41, 5.74) is 2.45. The highest BCUT2D eigenvalue weighted by Crippen LogP contribution is 2.26. The molecule has 3 aromatic rings. The standard InChI is InChI=1S/C19H16ClN3O2S2/c20-14-8-6-13(7-9-14)16-10-27-19(22-16)23-18(25)12-26-11-17(24)21-15-4-2-1-3-5-15/h1-10H,11-12H2,(H,21,24)(H,22,23,25). The van der Waals surface area contributed by atoms with Gasteiger partial charge in [0, 0.05) is 21.7 Å². The van der Waals surface area contributed by atoms with Crippen molar-refractivity contribution >= 4 is 57.3 Å². The van der Waals surface area contributed by atoms with Gasteiger partial charge in [0.1, 0.15) is 0 Å². The molecule has 0 aliphatic rings. The molecule has 2 aromatic carbocycles. The molecule has 0 unspecified atom stereocenters. The Hall–Kier alpha value is -2.35. The lowest BCUT2D eigenvalue weighted by Crippen LogP contribution is -2.18. The van der Waals surface area contributed by atoms with E-state index in [1.165, 1.54) is 23.1 Å². The summed E-state index contributed by atoms with van der Waals surface area (Å²) >= 11 is 8.49. The largest absolute Gasteiger partial charge is 0.325 e. The first-order valence-electron chi connectivity index (χ1n) is 8.04. The average molecular weight is 418 g/mol. The lowest BCUT2D eigenvalue weighted by molar-refractivity contribution is -0.114. The predicted molar refractivity (Wildman–Crippen MR) is 114 cm³/mol. The molecule has 8 heteroatoms. The number of aromatic nitrogens is 1. The van der Waals surface area contributed by atoms with Crippen LogP contribution in [-0.2, 0) is 9.59 Å². The zero-order chi connectivity index (χ0) is 19.1. The Morgan fingerprint density at radius 1 is 0.963 bits per heavy atom. The zero-order valence-electron chi connectivity index (χ0n) is 14.1. The second kappa shape index (κ2) is 9.55. The fourth-order valence-electron chi connectivity index (χ4n) is 2.19. The normalized spacial score (nSPS) is 10.4. The van der Waals surface area contributed by atoms with Crippen molar-refractivity contribution in [2.24, 2.45) is 0 Å². The molecule has 0 radical (unpaired) electrons. The van der Waals surface area contributed by atoms with E-state index in [-0.39, 0.29) is 23.3 Å². The Balaban J connectivity index is 1.43. The van der Waals surface area contributed by atoms with Crippen LogP contribution in [0.15, 0.2) is 60.0 Å². The molecule has 0 spiro atoms. The number of nitrogens with one attached hydrogen (secondary N) is 2. The fourth-order valence-corrected chi connectivity index (χ4v) is 3.67. The zero-order valence-corrected chi connectivity index (χ0v) is 16.5. The number of halogens is 1. The smallest absolute Gasteiger partial charge is 0.236 e. The fraction of sp³-hybridized carbons (Fsp3) is 0.105. The van der Waals surface area contributed by atoms with E-state index in [2.05, 4.69) is 15.6 Å². The lowest BCUT2D eigenvalue weighted by Gasteiger charge is -2.05. The molecule has 2 amide bonds. The predicted octanol–water partition coefficient (Wildman–Crippen LogP) is 4.77. The van der Waals surface area contributed by atoms with E-state index in [1.807, 2.05) is 47.8 Å². The van der Waals surface area contributed by atoms with Crippen molar-refractivity contribution in [3.8, 4) is 11.3 Å². The summed E-state index contributed by atoms with van der Waals surface area (Å²) in [6.45, 7) is 0. The van der Waals surface area contributed by atoms with E-state index >= 15 is 0 Å². The van der Waals surface area contributed by atoms with Gasteiger partial charge in [0.2, 0.25) is 11.8 Å². The van der Waals surface area contributed by atoms with Gasteiger partial charge in [0.25, 0.3) is 0 Å². The molecule has 0 fully saturated rings. The third-order valence-electron chi connectivity index (χ3n) is 3.41. The molecule has 0 atom stereocenters. The first-order valence-corrected chi connectivity index (χ1v) is 10.5. The number of carbonyl (C=O) groups is 2. The molecule has 5 nitrogen and oxygen atoms in total. The highest BCUT2D eigenvalue weighted by molar-refractivity contribution is 8.00. The Morgan fingerprint density at radius 2 is 1.63 bits per heavy atom. The van der Waals surface area contributed by atoms with E-state index in [1.54, 1.807) is 12.1 Å². The third kappa shape index (κ3) is 6.09. The number of carbonyl (C=O) groups excluding carboxylic acids is 2. The molecule has 1 heterocycles. The molecule has 138 valence electrons. The Labute approximate surface area is 170 Å². The van der Waals surface area contributed by atoms with Crippen LogP contribution in [0.25, 0.3) is 11.3 Å². The van der Waals surface area contributed by atoms with E-state index in [9.17, 15) is 9.59 Å². The number of hydrogen-bond donors (Lipinski definition) is 2. The molecule has 0 aliphatic carbocycles. The van der Waals surface area contributed by atoms with Crippen molar-refractivity contribution in [1.29, 1.82) is 0 Å². The maximum atomic E-state index is 12.0. The van der Waals surface area contributed by atoms with Crippen molar-refractivity contribution in [1.82, 2.24) is 4.98 Å². The van der Waals surface area contributed by atoms with E-state index in [0.29, 0.717) is 10.2 Å². The van der Waals surface area contributed by atoms with Gasteiger partial charge in [-0.05, 0) is 24.3 Å². The van der Waals surface area contributed by atoms with Crippen LogP contribution in [0.5, 0.6) is 0 Å². The van der Waals surface area contributed by atoms with Gasteiger partial charge < -0.3 is 10.6 Å². The van der Waals surface area contributed by atoms with Crippen molar-refractivity contribution in [2.45, 2.75) is 0 Å². The van der Waals surface area contributed by atoms with E-state index in [0.717, 1.165) is 16.9 Å². The van der Waals surface area contributed by atoms with Crippen LogP contribution in [0, 0.1) is 0 Å². The van der Waals surface area contributed by atoms with E-state index < -0.39 is 0 Å². The van der Waals surface area contributed by atoms with Crippen LogP contribution in [0.3, 0.4) is 0 Å². The molecule has 0 saturated carbocycles. The molecule has 0 aliphatic heterocycles. The topological polar surface area (TPSA) is 71.1 Å². The summed E-state index contributed by atoms with van der Waals surface area (Å²) < 4.78 is 0. The monoisotopic (exact) mass is 417 g/mol. The number of benzene rings is 2. The van der Waals surface area contributed by atoms with Gasteiger partial charge in [0.15, 0.2) is 5.13 Å². The Kier molecular flexibility index (Phi) is 6.86. The van der Waals surface area contributed by atoms with Gasteiger partial charge in [-0.1, -0.05) is 41.9 Å². The molecule has 1 aromatic heterocycles. The first kappa shape index (κ1) is 19.4. The van der Waals surface area contributed by atoms with Crippen LogP contribution in [0.2, 0.25) is 5.02 Å². The molecular weight excluding hydrogens is 402 g/mol. The number of thioether (sulfide) groups is 1. The first-order chi connectivity index (χ1) is 13.1. The number of para-hydroxylation sites is 1. The molecular formula is C19H16ClN3O2S2. The lowest BCUT2D eigenvalue weighted by atomic mass is 10.2. The highest BCUT2D eigenvalue weighted by Gasteiger charge is 2.10. The second-order valence-corrected chi connectivity index (χ2v) is 7.78. The summed E-state index contributed by atoms with van der Waals surface area (Å²) in [5.74, 6) is 0.0525. The number of thiazole rings is 1. The van der Waals surface area contributed by atoms with Crippen LogP contribution < -0.4 is 10.6 Å². The molecule has 2 N–H and O–H groups in total. The van der Waals surface area contributed by atoms with Crippen LogP contribution >= 0.6 is 34.7 Å². The van der Waals surface area contributed by atoms with Gasteiger partial charge in [0.05, 0.1) is 17.2 Å². The quantitative estimate of drug-likeness (QED) is 0.580. The summed E-state index contributed by atoms with van der Waals surface area (Å²) in [5, 5.41) is 8.60. The summed E-state index contributed by atoms with van der Waals surface area (Å²) in [4.78, 5) is 28.3. The highest BCUT2D eigenvalue weighted by atomic mass is 35.5. The minimum absolute atomic E-state index is 0.140. The molecule has 0 bridgehead atoms.